The van der Waals surface area contributed by atoms with Crippen LogP contribution in [0.15, 0.2) is 30.3 Å². The average molecular weight is 351 g/mol. The molecule has 3 nitrogen and oxygen atoms in total. The summed E-state index contributed by atoms with van der Waals surface area (Å²) in [7, 11) is 0. The van der Waals surface area contributed by atoms with Gasteiger partial charge >= 0.3 is 0 Å². The lowest BCUT2D eigenvalue weighted by Gasteiger charge is -2.15. The van der Waals surface area contributed by atoms with Crippen LogP contribution in [0.2, 0.25) is 0 Å². The second kappa shape index (κ2) is 16.6. The van der Waals surface area contributed by atoms with E-state index in [9.17, 15) is 5.11 Å². The Hall–Kier alpha value is -0.900. The molecule has 0 unspecified atom stereocenters. The van der Waals surface area contributed by atoms with Gasteiger partial charge in [0.2, 0.25) is 0 Å². The van der Waals surface area contributed by atoms with Gasteiger partial charge in [0.05, 0.1) is 19.8 Å². The highest BCUT2D eigenvalue weighted by molar-refractivity contribution is 5.13. The van der Waals surface area contributed by atoms with Gasteiger partial charge < -0.3 is 14.6 Å². The van der Waals surface area contributed by atoms with Gasteiger partial charge in [0.1, 0.15) is 6.10 Å². The Kier molecular flexibility index (Phi) is 14.7. The number of hydrogen-bond acceptors (Lipinski definition) is 3. The average Bonchev–Trinajstić information content (AvgIpc) is 2.66. The minimum absolute atomic E-state index is 0.00483. The minimum atomic E-state index is -0.233. The highest BCUT2D eigenvalue weighted by Gasteiger charge is 2.08. The quantitative estimate of drug-likeness (QED) is 0.377. The van der Waals surface area contributed by atoms with Crippen molar-refractivity contribution in [2.75, 3.05) is 19.8 Å². The molecule has 25 heavy (non-hydrogen) atoms. The molecule has 0 heterocycles. The van der Waals surface area contributed by atoms with Gasteiger partial charge in [0, 0.05) is 6.61 Å². The van der Waals surface area contributed by atoms with E-state index in [4.69, 9.17) is 9.47 Å². The molecule has 1 aromatic carbocycles. The van der Waals surface area contributed by atoms with Gasteiger partial charge in [-0.05, 0) is 12.0 Å². The van der Waals surface area contributed by atoms with E-state index in [-0.39, 0.29) is 12.7 Å². The molecule has 1 N–H and O–H groups in total. The molecule has 0 amide bonds. The molecule has 0 spiro atoms. The van der Waals surface area contributed by atoms with Crippen molar-refractivity contribution in [2.45, 2.75) is 83.8 Å². The first kappa shape index (κ1) is 22.1. The summed E-state index contributed by atoms with van der Waals surface area (Å²) in [5, 5.41) is 9.38. The molecule has 0 aliphatic rings. The SMILES string of the molecule is CCCCCCCCCCCCOC[C@@H](CO)OCc1ccccc1. The Bertz CT molecular complexity index is 380. The summed E-state index contributed by atoms with van der Waals surface area (Å²) < 4.78 is 11.4. The molecule has 0 aliphatic heterocycles. The fourth-order valence-corrected chi connectivity index (χ4v) is 2.85. The molecule has 0 fully saturated rings. The Balaban J connectivity index is 1.89. The lowest BCUT2D eigenvalue weighted by Crippen LogP contribution is -2.24. The molecule has 1 rings (SSSR count). The number of unbranched alkanes of at least 4 members (excludes halogenated alkanes) is 9. The molecule has 0 aliphatic carbocycles. The van der Waals surface area contributed by atoms with E-state index in [2.05, 4.69) is 6.92 Å². The van der Waals surface area contributed by atoms with Gasteiger partial charge in [0.25, 0.3) is 0 Å². The van der Waals surface area contributed by atoms with E-state index in [1.807, 2.05) is 30.3 Å². The van der Waals surface area contributed by atoms with Crippen molar-refractivity contribution < 1.29 is 14.6 Å². The third kappa shape index (κ3) is 13.0. The zero-order valence-corrected chi connectivity index (χ0v) is 16.1. The van der Waals surface area contributed by atoms with Gasteiger partial charge in [-0.2, -0.15) is 0 Å². The Labute approximate surface area is 154 Å². The number of rotatable bonds is 17. The van der Waals surface area contributed by atoms with E-state index >= 15 is 0 Å². The smallest absolute Gasteiger partial charge is 0.104 e. The zero-order chi connectivity index (χ0) is 18.0. The first-order valence-electron chi connectivity index (χ1n) is 10.2. The summed E-state index contributed by atoms with van der Waals surface area (Å²) in [5.41, 5.74) is 1.12. The highest BCUT2D eigenvalue weighted by atomic mass is 16.5. The third-order valence-electron chi connectivity index (χ3n) is 4.48. The van der Waals surface area contributed by atoms with Crippen LogP contribution in [0.3, 0.4) is 0 Å². The second-order valence-corrected chi connectivity index (χ2v) is 6.86. The van der Waals surface area contributed by atoms with E-state index < -0.39 is 0 Å². The summed E-state index contributed by atoms with van der Waals surface area (Å²) in [6.07, 6.45) is 13.1. The lowest BCUT2D eigenvalue weighted by atomic mass is 10.1. The van der Waals surface area contributed by atoms with Crippen molar-refractivity contribution in [3.8, 4) is 0 Å². The minimum Gasteiger partial charge on any atom is -0.394 e. The molecule has 0 saturated carbocycles. The van der Waals surface area contributed by atoms with Crippen LogP contribution in [0.25, 0.3) is 0 Å². The van der Waals surface area contributed by atoms with Gasteiger partial charge in [-0.15, -0.1) is 0 Å². The molecule has 1 aromatic rings. The van der Waals surface area contributed by atoms with Crippen LogP contribution >= 0.6 is 0 Å². The van der Waals surface area contributed by atoms with Crippen LogP contribution in [-0.4, -0.2) is 31.0 Å². The maximum absolute atomic E-state index is 9.38. The molecule has 3 heteroatoms. The summed E-state index contributed by atoms with van der Waals surface area (Å²) in [6, 6.07) is 10.0. The van der Waals surface area contributed by atoms with Crippen LogP contribution in [0.5, 0.6) is 0 Å². The van der Waals surface area contributed by atoms with Crippen molar-refractivity contribution in [2.24, 2.45) is 0 Å². The van der Waals surface area contributed by atoms with Gasteiger partial charge in [-0.3, -0.25) is 0 Å². The van der Waals surface area contributed by atoms with Crippen molar-refractivity contribution in [1.82, 2.24) is 0 Å². The molecule has 0 bridgehead atoms. The first-order chi connectivity index (χ1) is 12.4. The van der Waals surface area contributed by atoms with Crippen LogP contribution < -0.4 is 0 Å². The number of hydrogen-bond donors (Lipinski definition) is 1. The largest absolute Gasteiger partial charge is 0.394 e. The standard InChI is InChI=1S/C22H38O3/c1-2-3-4-5-6-7-8-9-10-14-17-24-20-22(18-23)25-19-21-15-12-11-13-16-21/h11-13,15-16,22-23H,2-10,14,17-20H2,1H3/t22-/m1/s1. The van der Waals surface area contributed by atoms with Crippen LogP contribution in [-0.2, 0) is 16.1 Å². The maximum Gasteiger partial charge on any atom is 0.104 e. The lowest BCUT2D eigenvalue weighted by molar-refractivity contribution is -0.0502. The van der Waals surface area contributed by atoms with Gasteiger partial charge in [0.15, 0.2) is 0 Å². The van der Waals surface area contributed by atoms with Gasteiger partial charge in [-0.25, -0.2) is 0 Å². The predicted octanol–water partition coefficient (Wildman–Crippen LogP) is 5.50. The predicted molar refractivity (Wildman–Crippen MR) is 105 cm³/mol. The Morgan fingerprint density at radius 3 is 2.04 bits per heavy atom. The van der Waals surface area contributed by atoms with Crippen LogP contribution in [0, 0.1) is 0 Å². The summed E-state index contributed by atoms with van der Waals surface area (Å²) in [6.45, 7) is 4.03. The van der Waals surface area contributed by atoms with Crippen molar-refractivity contribution in [1.29, 1.82) is 0 Å². The van der Waals surface area contributed by atoms with Crippen LogP contribution in [0.4, 0.5) is 0 Å². The topological polar surface area (TPSA) is 38.7 Å². The van der Waals surface area contributed by atoms with E-state index in [1.54, 1.807) is 0 Å². The highest BCUT2D eigenvalue weighted by Crippen LogP contribution is 2.10. The van der Waals surface area contributed by atoms with Crippen molar-refractivity contribution >= 4 is 0 Å². The Morgan fingerprint density at radius 1 is 0.840 bits per heavy atom. The number of aliphatic hydroxyl groups excluding tert-OH is 1. The fraction of sp³-hybridized carbons (Fsp3) is 0.727. The summed E-state index contributed by atoms with van der Waals surface area (Å²) >= 11 is 0. The zero-order valence-electron chi connectivity index (χ0n) is 16.1. The summed E-state index contributed by atoms with van der Waals surface area (Å²) in [4.78, 5) is 0. The monoisotopic (exact) mass is 350 g/mol. The van der Waals surface area contributed by atoms with E-state index in [0.29, 0.717) is 13.2 Å². The molecule has 0 saturated heterocycles. The third-order valence-corrected chi connectivity index (χ3v) is 4.48. The number of ether oxygens (including phenoxy) is 2. The second-order valence-electron chi connectivity index (χ2n) is 6.86. The molecular weight excluding hydrogens is 312 g/mol. The molecule has 144 valence electrons. The number of benzene rings is 1. The fourth-order valence-electron chi connectivity index (χ4n) is 2.85. The molecule has 0 radical (unpaired) electrons. The van der Waals surface area contributed by atoms with Crippen LogP contribution in [0.1, 0.15) is 76.7 Å². The normalized spacial score (nSPS) is 12.4. The van der Waals surface area contributed by atoms with E-state index in [1.165, 1.54) is 57.8 Å². The maximum atomic E-state index is 9.38. The molecule has 1 atom stereocenters. The molecule has 0 aromatic heterocycles. The van der Waals surface area contributed by atoms with E-state index in [0.717, 1.165) is 18.6 Å². The molecular formula is C22H38O3. The first-order valence-corrected chi connectivity index (χ1v) is 10.2. The van der Waals surface area contributed by atoms with Gasteiger partial charge in [-0.1, -0.05) is 95.0 Å². The number of aliphatic hydroxyl groups is 1. The van der Waals surface area contributed by atoms with Crippen molar-refractivity contribution in [3.05, 3.63) is 35.9 Å². The Morgan fingerprint density at radius 2 is 1.44 bits per heavy atom. The summed E-state index contributed by atoms with van der Waals surface area (Å²) in [5.74, 6) is 0. The van der Waals surface area contributed by atoms with Crippen molar-refractivity contribution in [3.63, 3.8) is 0 Å².